The second-order valence-electron chi connectivity index (χ2n) is 11.6. The SMILES string of the molecule is C=N/C=C(\NNCCC)c1ccc2c(c1)cc1n2C(c2ccccc2)Oc2cc(-c3cnc(C4CCCN4)[nH]3)ccc2-1.CCC. The van der Waals surface area contributed by atoms with Crippen LogP contribution in [0.1, 0.15) is 75.7 Å². The molecule has 8 nitrogen and oxygen atoms in total. The van der Waals surface area contributed by atoms with Crippen molar-refractivity contribution in [2.24, 2.45) is 4.99 Å². The molecule has 2 aliphatic rings. The molecule has 1 fully saturated rings. The zero-order valence-electron chi connectivity index (χ0n) is 26.4. The van der Waals surface area contributed by atoms with E-state index in [1.807, 2.05) is 12.3 Å². The van der Waals surface area contributed by atoms with E-state index in [0.29, 0.717) is 6.04 Å². The van der Waals surface area contributed by atoms with Crippen molar-refractivity contribution in [3.63, 3.8) is 0 Å². The van der Waals surface area contributed by atoms with E-state index in [1.54, 1.807) is 6.20 Å². The first-order chi connectivity index (χ1) is 22.1. The van der Waals surface area contributed by atoms with E-state index in [4.69, 9.17) is 4.74 Å². The quantitative estimate of drug-likeness (QED) is 0.0781. The van der Waals surface area contributed by atoms with Crippen molar-refractivity contribution >= 4 is 23.3 Å². The Hall–Kier alpha value is -4.66. The van der Waals surface area contributed by atoms with Gasteiger partial charge in [-0.3, -0.25) is 4.99 Å². The van der Waals surface area contributed by atoms with Crippen molar-refractivity contribution in [3.05, 3.63) is 102 Å². The highest BCUT2D eigenvalue weighted by atomic mass is 16.5. The molecule has 2 atom stereocenters. The number of hydrogen-bond donors (Lipinski definition) is 4. The second kappa shape index (κ2) is 14.0. The van der Waals surface area contributed by atoms with E-state index in [-0.39, 0.29) is 6.23 Å². The van der Waals surface area contributed by atoms with Gasteiger partial charge in [-0.05, 0) is 62.9 Å². The lowest BCUT2D eigenvalue weighted by molar-refractivity contribution is 0.173. The van der Waals surface area contributed by atoms with Crippen LogP contribution in [0.3, 0.4) is 0 Å². The van der Waals surface area contributed by atoms with E-state index in [9.17, 15) is 0 Å². The molecular formula is C37H43N7O. The summed E-state index contributed by atoms with van der Waals surface area (Å²) in [6, 6.07) is 25.9. The average molecular weight is 602 g/mol. The Morgan fingerprint density at radius 2 is 1.93 bits per heavy atom. The molecule has 2 aromatic heterocycles. The number of H-pyrrole nitrogens is 1. The van der Waals surface area contributed by atoms with Crippen LogP contribution in [-0.2, 0) is 0 Å². The molecule has 1 saturated heterocycles. The first kappa shape index (κ1) is 30.4. The van der Waals surface area contributed by atoms with Crippen LogP contribution in [-0.4, -0.2) is 34.3 Å². The summed E-state index contributed by atoms with van der Waals surface area (Å²) in [5.41, 5.74) is 14.9. The Morgan fingerprint density at radius 3 is 2.69 bits per heavy atom. The molecule has 45 heavy (non-hydrogen) atoms. The molecule has 7 rings (SSSR count). The molecule has 0 amide bonds. The number of aliphatic imine (C=N–C) groups is 1. The van der Waals surface area contributed by atoms with Crippen LogP contribution in [0, 0.1) is 0 Å². The third-order valence-corrected chi connectivity index (χ3v) is 8.08. The van der Waals surface area contributed by atoms with E-state index >= 15 is 0 Å². The summed E-state index contributed by atoms with van der Waals surface area (Å²) in [6.45, 7) is 11.9. The standard InChI is InChI=1S/C34H35N7O.C3H8/c1-3-15-38-40-29(20-35-2)23-12-14-30-25(17-23)18-31-26-13-11-24(28-21-37-33(39-28)27-10-7-16-36-27)19-32(26)42-34(41(30)31)22-8-5-4-6-9-22;1-3-2/h4-6,8-9,11-14,17-21,27,34,36,38,40H,2-3,7,10,15-16H2,1H3,(H,37,39);3H2,1-2H3/b29-20-;. The van der Waals surface area contributed by atoms with E-state index in [2.05, 4.69) is 130 Å². The van der Waals surface area contributed by atoms with Gasteiger partial charge in [0.15, 0.2) is 0 Å². The van der Waals surface area contributed by atoms with E-state index < -0.39 is 0 Å². The first-order valence-corrected chi connectivity index (χ1v) is 16.1. The van der Waals surface area contributed by atoms with E-state index in [0.717, 1.165) is 87.7 Å². The molecule has 0 aliphatic carbocycles. The molecule has 3 aromatic carbocycles. The predicted molar refractivity (Wildman–Crippen MR) is 185 cm³/mol. The van der Waals surface area contributed by atoms with Crippen LogP contribution in [0.15, 0.2) is 90.2 Å². The number of fused-ring (bicyclic) bond motifs is 5. The number of ether oxygens (including phenoxy) is 1. The summed E-state index contributed by atoms with van der Waals surface area (Å²) in [6.07, 6.45) is 7.93. The second-order valence-corrected chi connectivity index (χ2v) is 11.6. The molecular weight excluding hydrogens is 558 g/mol. The Bertz CT molecular complexity index is 1780. The number of benzene rings is 3. The van der Waals surface area contributed by atoms with Gasteiger partial charge < -0.3 is 25.0 Å². The molecule has 5 aromatic rings. The van der Waals surface area contributed by atoms with Gasteiger partial charge in [0.25, 0.3) is 0 Å². The van der Waals surface area contributed by atoms with Crippen LogP contribution < -0.4 is 20.9 Å². The van der Waals surface area contributed by atoms with Gasteiger partial charge in [-0.15, -0.1) is 0 Å². The van der Waals surface area contributed by atoms with Crippen LogP contribution in [0.5, 0.6) is 5.75 Å². The number of hydrazine groups is 1. The van der Waals surface area contributed by atoms with Crippen molar-refractivity contribution in [3.8, 4) is 28.3 Å². The molecule has 0 bridgehead atoms. The molecule has 0 radical (unpaired) electrons. The predicted octanol–water partition coefficient (Wildman–Crippen LogP) is 7.98. The van der Waals surface area contributed by atoms with Crippen LogP contribution in [0.25, 0.3) is 39.1 Å². The monoisotopic (exact) mass is 601 g/mol. The topological polar surface area (TPSA) is 91.3 Å². The maximum Gasteiger partial charge on any atom is 0.203 e. The van der Waals surface area contributed by atoms with Gasteiger partial charge >= 0.3 is 0 Å². The fourth-order valence-corrected chi connectivity index (χ4v) is 6.00. The fraction of sp³-hybridized carbons (Fsp3) is 0.297. The summed E-state index contributed by atoms with van der Waals surface area (Å²) < 4.78 is 9.12. The summed E-state index contributed by atoms with van der Waals surface area (Å²) >= 11 is 0. The number of aromatic amines is 1. The summed E-state index contributed by atoms with van der Waals surface area (Å²) in [5, 5.41) is 4.65. The van der Waals surface area contributed by atoms with Crippen molar-refractivity contribution in [1.82, 2.24) is 30.7 Å². The van der Waals surface area contributed by atoms with E-state index in [1.165, 1.54) is 12.8 Å². The van der Waals surface area contributed by atoms with Gasteiger partial charge in [-0.1, -0.05) is 69.7 Å². The number of imidazole rings is 1. The minimum Gasteiger partial charge on any atom is -0.465 e. The lowest BCUT2D eigenvalue weighted by atomic mass is 10.0. The maximum absolute atomic E-state index is 6.82. The van der Waals surface area contributed by atoms with Gasteiger partial charge in [0.1, 0.15) is 11.6 Å². The van der Waals surface area contributed by atoms with Crippen LogP contribution in [0.4, 0.5) is 0 Å². The Kier molecular flexibility index (Phi) is 9.43. The molecule has 8 heteroatoms. The zero-order chi connectivity index (χ0) is 31.2. The van der Waals surface area contributed by atoms with Crippen molar-refractivity contribution in [1.29, 1.82) is 0 Å². The third-order valence-electron chi connectivity index (χ3n) is 8.08. The molecule has 2 unspecified atom stereocenters. The molecule has 0 spiro atoms. The molecule has 4 heterocycles. The lowest BCUT2D eigenvalue weighted by Gasteiger charge is -2.30. The van der Waals surface area contributed by atoms with Crippen molar-refractivity contribution in [2.75, 3.05) is 13.1 Å². The minimum atomic E-state index is -0.304. The summed E-state index contributed by atoms with van der Waals surface area (Å²) in [4.78, 5) is 12.3. The highest BCUT2D eigenvalue weighted by Gasteiger charge is 2.29. The highest BCUT2D eigenvalue weighted by Crippen LogP contribution is 2.45. The average Bonchev–Trinajstić information content (AvgIpc) is 3.85. The number of nitrogens with zero attached hydrogens (tertiary/aromatic N) is 3. The molecule has 2 aliphatic heterocycles. The largest absolute Gasteiger partial charge is 0.465 e. The normalized spacial score (nSPS) is 17.2. The lowest BCUT2D eigenvalue weighted by Crippen LogP contribution is -2.30. The number of aromatic nitrogens is 3. The Balaban J connectivity index is 0.00000115. The van der Waals surface area contributed by atoms with Crippen LogP contribution >= 0.6 is 0 Å². The van der Waals surface area contributed by atoms with Crippen LogP contribution in [0.2, 0.25) is 0 Å². The summed E-state index contributed by atoms with van der Waals surface area (Å²) in [5.74, 6) is 1.85. The first-order valence-electron chi connectivity index (χ1n) is 16.1. The van der Waals surface area contributed by atoms with Gasteiger partial charge in [0, 0.05) is 34.2 Å². The number of rotatable bonds is 9. The third kappa shape index (κ3) is 6.30. The van der Waals surface area contributed by atoms with Crippen molar-refractivity contribution < 1.29 is 4.74 Å². The fourth-order valence-electron chi connectivity index (χ4n) is 6.00. The molecule has 232 valence electrons. The minimum absolute atomic E-state index is 0.297. The summed E-state index contributed by atoms with van der Waals surface area (Å²) in [7, 11) is 0. The van der Waals surface area contributed by atoms with Gasteiger partial charge in [-0.2, -0.15) is 0 Å². The highest BCUT2D eigenvalue weighted by molar-refractivity contribution is 5.92. The smallest absolute Gasteiger partial charge is 0.203 e. The molecule has 4 N–H and O–H groups in total. The van der Waals surface area contributed by atoms with Gasteiger partial charge in [0.2, 0.25) is 6.23 Å². The number of nitrogens with one attached hydrogen (secondary N) is 4. The maximum atomic E-state index is 6.82. The Morgan fingerprint density at radius 1 is 1.09 bits per heavy atom. The number of hydrogen-bond acceptors (Lipinski definition) is 6. The molecule has 0 saturated carbocycles. The van der Waals surface area contributed by atoms with Gasteiger partial charge in [0.05, 0.1) is 41.0 Å². The van der Waals surface area contributed by atoms with Crippen molar-refractivity contribution in [2.45, 2.75) is 58.7 Å². The zero-order valence-corrected chi connectivity index (χ0v) is 26.4. The Labute approximate surface area is 265 Å². The van der Waals surface area contributed by atoms with Gasteiger partial charge in [-0.25, -0.2) is 10.4 Å².